The average molecular weight is 633 g/mol. The zero-order valence-electron chi connectivity index (χ0n) is 22.7. The Hall–Kier alpha value is -3.43. The number of para-hydroxylation sites is 2. The molecule has 0 atom stereocenters. The number of aromatic carboxylic acids is 1. The number of amides is 1. The maximum Gasteiger partial charge on any atom is 0.339 e. The molecule has 0 spiro atoms. The minimum Gasteiger partial charge on any atom is -0.497 e. The van der Waals surface area contributed by atoms with Gasteiger partial charge in [0.1, 0.15) is 17.1 Å². The molecule has 1 aliphatic heterocycles. The third-order valence-electron chi connectivity index (χ3n) is 6.86. The van der Waals surface area contributed by atoms with Gasteiger partial charge in [0, 0.05) is 24.1 Å². The number of benzene rings is 3. The molecule has 1 aliphatic rings. The van der Waals surface area contributed by atoms with E-state index in [4.69, 9.17) is 9.47 Å². The minimum atomic E-state index is -1.09. The van der Waals surface area contributed by atoms with Gasteiger partial charge in [0.25, 0.3) is 0 Å². The monoisotopic (exact) mass is 631 g/mol. The van der Waals surface area contributed by atoms with E-state index < -0.39 is 5.97 Å². The first-order chi connectivity index (χ1) is 18.9. The van der Waals surface area contributed by atoms with Crippen molar-refractivity contribution in [3.63, 3.8) is 0 Å². The first-order valence-corrected chi connectivity index (χ1v) is 13.8. The maximum atomic E-state index is 13.4. The topological polar surface area (TPSA) is 91.3 Å². The van der Waals surface area contributed by atoms with Gasteiger partial charge in [-0.25, -0.2) is 4.79 Å². The van der Waals surface area contributed by atoms with Crippen LogP contribution in [0.1, 0.15) is 40.7 Å². The predicted octanol–water partition coefficient (Wildman–Crippen LogP) is 5.90. The highest BCUT2D eigenvalue weighted by Gasteiger charge is 2.21. The summed E-state index contributed by atoms with van der Waals surface area (Å²) in [5.41, 5.74) is 6.96. The molecule has 1 heterocycles. The fourth-order valence-electron chi connectivity index (χ4n) is 4.79. The number of hydrogen-bond donors (Lipinski definition) is 2. The molecular weight excluding hydrogens is 598 g/mol. The summed E-state index contributed by atoms with van der Waals surface area (Å²) in [6, 6.07) is 19.2. The van der Waals surface area contributed by atoms with Crippen LogP contribution in [-0.4, -0.2) is 50.8 Å². The Labute approximate surface area is 249 Å². The van der Waals surface area contributed by atoms with E-state index in [1.165, 1.54) is 19.6 Å². The molecule has 40 heavy (non-hydrogen) atoms. The Morgan fingerprint density at radius 3 is 2.35 bits per heavy atom. The molecule has 10 heteroatoms. The summed E-state index contributed by atoms with van der Waals surface area (Å²) in [6.45, 7) is 2.53. The lowest BCUT2D eigenvalue weighted by Crippen LogP contribution is -2.45. The van der Waals surface area contributed by atoms with Crippen molar-refractivity contribution in [2.75, 3.05) is 43.8 Å². The number of ether oxygens (including phenoxy) is 2. The summed E-state index contributed by atoms with van der Waals surface area (Å²) < 4.78 is 11.1. The van der Waals surface area contributed by atoms with E-state index in [2.05, 4.69) is 32.3 Å². The van der Waals surface area contributed by atoms with Crippen molar-refractivity contribution in [2.45, 2.75) is 32.1 Å². The third kappa shape index (κ3) is 7.82. The Morgan fingerprint density at radius 2 is 1.70 bits per heavy atom. The first-order valence-electron chi connectivity index (χ1n) is 13.0. The van der Waals surface area contributed by atoms with Gasteiger partial charge in [-0.3, -0.25) is 15.2 Å². The molecule has 0 aromatic heterocycles. The van der Waals surface area contributed by atoms with Gasteiger partial charge in [0.05, 0.1) is 32.0 Å². The predicted molar refractivity (Wildman–Crippen MR) is 163 cm³/mol. The number of anilines is 2. The second kappa shape index (κ2) is 14.8. The van der Waals surface area contributed by atoms with Gasteiger partial charge >= 0.3 is 5.97 Å². The number of carboxylic acids is 1. The molecule has 3 aromatic rings. The van der Waals surface area contributed by atoms with Gasteiger partial charge in [0.15, 0.2) is 0 Å². The average Bonchev–Trinajstić information content (AvgIpc) is 2.96. The molecule has 1 saturated heterocycles. The number of hydrogen-bond acceptors (Lipinski definition) is 6. The molecule has 2 N–H and O–H groups in total. The highest BCUT2D eigenvalue weighted by atomic mass is 79.9. The Kier molecular flexibility index (Phi) is 11.5. The van der Waals surface area contributed by atoms with Gasteiger partial charge in [0.2, 0.25) is 5.91 Å². The number of nitrogens with zero attached hydrogens (tertiary/aromatic N) is 2. The highest BCUT2D eigenvalue weighted by Crippen LogP contribution is 2.32. The molecule has 0 radical (unpaired) electrons. The number of piperidine rings is 1. The standard InChI is InChI=1S/C30H34BrN3O5.ClH/c1-38-23-12-10-21(11-13-23)14-17-34(27-9-5-4-8-26(27)33-15-6-3-7-16-33)32-29(35)19-22-18-28(39-2)24(30(36)37)20-25(22)31;/h4-5,8-13,18,20H,3,6-7,14-17,19H2,1-2H3,(H,32,35)(H,36,37);1H. The minimum absolute atomic E-state index is 0. The van der Waals surface area contributed by atoms with E-state index >= 15 is 0 Å². The van der Waals surface area contributed by atoms with E-state index in [1.54, 1.807) is 13.2 Å². The number of carbonyl (C=O) groups excluding carboxylic acids is 1. The van der Waals surface area contributed by atoms with Gasteiger partial charge < -0.3 is 19.5 Å². The quantitative estimate of drug-likeness (QED) is 0.255. The molecule has 0 saturated carbocycles. The molecular formula is C30H35BrClN3O5. The molecule has 4 rings (SSSR count). The fourth-order valence-corrected chi connectivity index (χ4v) is 5.28. The van der Waals surface area contributed by atoms with Crippen LogP contribution in [0.5, 0.6) is 11.5 Å². The second-order valence-electron chi connectivity index (χ2n) is 9.45. The largest absolute Gasteiger partial charge is 0.497 e. The van der Waals surface area contributed by atoms with Crippen LogP contribution < -0.4 is 24.8 Å². The van der Waals surface area contributed by atoms with Crippen LogP contribution in [0.2, 0.25) is 0 Å². The summed E-state index contributed by atoms with van der Waals surface area (Å²) in [5, 5.41) is 11.4. The summed E-state index contributed by atoms with van der Waals surface area (Å²) in [5.74, 6) is -0.304. The molecule has 1 amide bonds. The van der Waals surface area contributed by atoms with Crippen molar-refractivity contribution >= 4 is 51.6 Å². The molecule has 0 aliphatic carbocycles. The van der Waals surface area contributed by atoms with Gasteiger partial charge in [-0.1, -0.05) is 40.2 Å². The summed E-state index contributed by atoms with van der Waals surface area (Å²) in [4.78, 5) is 27.3. The van der Waals surface area contributed by atoms with E-state index in [1.807, 2.05) is 47.5 Å². The fraction of sp³-hybridized carbons (Fsp3) is 0.333. The summed E-state index contributed by atoms with van der Waals surface area (Å²) in [7, 11) is 3.06. The summed E-state index contributed by atoms with van der Waals surface area (Å²) in [6.07, 6.45) is 4.28. The lowest BCUT2D eigenvalue weighted by atomic mass is 10.1. The molecule has 8 nitrogen and oxygen atoms in total. The van der Waals surface area contributed by atoms with Gasteiger partial charge in [-0.15, -0.1) is 12.4 Å². The molecule has 214 valence electrons. The number of hydrazine groups is 1. The van der Waals surface area contributed by atoms with Crippen molar-refractivity contribution in [3.8, 4) is 11.5 Å². The number of nitrogens with one attached hydrogen (secondary N) is 1. The molecule has 0 unspecified atom stereocenters. The van der Waals surface area contributed by atoms with Crippen LogP contribution in [0.15, 0.2) is 65.1 Å². The number of carboxylic acid groups (broad SMARTS) is 1. The summed E-state index contributed by atoms with van der Waals surface area (Å²) >= 11 is 3.43. The first kappa shape index (κ1) is 31.1. The van der Waals surface area contributed by atoms with E-state index in [9.17, 15) is 14.7 Å². The van der Waals surface area contributed by atoms with Crippen molar-refractivity contribution < 1.29 is 24.2 Å². The van der Waals surface area contributed by atoms with Gasteiger partial charge in [-0.2, -0.15) is 0 Å². The lowest BCUT2D eigenvalue weighted by Gasteiger charge is -2.34. The SMILES string of the molecule is COc1ccc(CCN(NC(=O)Cc2cc(OC)c(C(=O)O)cc2Br)c2ccccc2N2CCCCC2)cc1.Cl. The van der Waals surface area contributed by atoms with Crippen LogP contribution in [0.25, 0.3) is 0 Å². The van der Waals surface area contributed by atoms with Crippen LogP contribution >= 0.6 is 28.3 Å². The van der Waals surface area contributed by atoms with E-state index in [-0.39, 0.29) is 36.0 Å². The van der Waals surface area contributed by atoms with Crippen molar-refractivity contribution in [1.29, 1.82) is 0 Å². The zero-order chi connectivity index (χ0) is 27.8. The Balaban J connectivity index is 0.00000441. The molecule has 1 fully saturated rings. The van der Waals surface area contributed by atoms with Crippen LogP contribution in [0.4, 0.5) is 11.4 Å². The maximum absolute atomic E-state index is 13.4. The lowest BCUT2D eigenvalue weighted by molar-refractivity contribution is -0.120. The Morgan fingerprint density at radius 1 is 1.00 bits per heavy atom. The van der Waals surface area contributed by atoms with Crippen LogP contribution in [-0.2, 0) is 17.6 Å². The van der Waals surface area contributed by atoms with Gasteiger partial charge in [-0.05, 0) is 73.2 Å². The highest BCUT2D eigenvalue weighted by molar-refractivity contribution is 9.10. The second-order valence-corrected chi connectivity index (χ2v) is 10.3. The smallest absolute Gasteiger partial charge is 0.339 e. The van der Waals surface area contributed by atoms with E-state index in [0.717, 1.165) is 48.6 Å². The number of carbonyl (C=O) groups is 2. The van der Waals surface area contributed by atoms with Crippen molar-refractivity contribution in [1.82, 2.24) is 5.43 Å². The van der Waals surface area contributed by atoms with Crippen molar-refractivity contribution in [3.05, 3.63) is 81.8 Å². The number of rotatable bonds is 11. The molecule has 0 bridgehead atoms. The van der Waals surface area contributed by atoms with Crippen LogP contribution in [0, 0.1) is 0 Å². The van der Waals surface area contributed by atoms with Crippen LogP contribution in [0.3, 0.4) is 0 Å². The van der Waals surface area contributed by atoms with Crippen molar-refractivity contribution in [2.24, 2.45) is 0 Å². The van der Waals surface area contributed by atoms with E-state index in [0.29, 0.717) is 23.0 Å². The zero-order valence-corrected chi connectivity index (χ0v) is 25.1. The number of halogens is 2. The molecule has 3 aromatic carbocycles. The normalized spacial score (nSPS) is 12.7. The number of methoxy groups -OCH3 is 2. The Bertz CT molecular complexity index is 1300. The third-order valence-corrected chi connectivity index (χ3v) is 7.60.